The summed E-state index contributed by atoms with van der Waals surface area (Å²) in [7, 11) is 1.60. The van der Waals surface area contributed by atoms with Gasteiger partial charge in [-0.1, -0.05) is 12.1 Å². The van der Waals surface area contributed by atoms with Gasteiger partial charge in [-0.3, -0.25) is 14.5 Å². The van der Waals surface area contributed by atoms with Crippen LogP contribution in [0.15, 0.2) is 67.1 Å². The molecule has 0 atom stereocenters. The number of nitriles is 1. The minimum Gasteiger partial charge on any atom is -0.355 e. The molecule has 2 amide bonds. The summed E-state index contributed by atoms with van der Waals surface area (Å²) in [6.45, 7) is 0.593. The summed E-state index contributed by atoms with van der Waals surface area (Å²) in [6, 6.07) is 16.3. The number of hydrogen-bond acceptors (Lipinski definition) is 5. The van der Waals surface area contributed by atoms with Crippen LogP contribution in [0.5, 0.6) is 0 Å². The Balaban J connectivity index is 1.49. The maximum absolute atomic E-state index is 13.6. The van der Waals surface area contributed by atoms with E-state index in [-0.39, 0.29) is 11.8 Å². The lowest BCUT2D eigenvalue weighted by Crippen LogP contribution is -2.33. The van der Waals surface area contributed by atoms with Crippen LogP contribution < -0.4 is 10.2 Å². The Labute approximate surface area is 196 Å². The second kappa shape index (κ2) is 8.79. The predicted octanol–water partition coefficient (Wildman–Crippen LogP) is 3.68. The van der Waals surface area contributed by atoms with Crippen LogP contribution in [0, 0.1) is 17.2 Å². The molecule has 1 N–H and O–H groups in total. The van der Waals surface area contributed by atoms with Crippen LogP contribution in [0.1, 0.15) is 39.1 Å². The molecule has 1 aliphatic rings. The average molecular weight is 451 g/mol. The maximum atomic E-state index is 13.6. The van der Waals surface area contributed by atoms with Crippen LogP contribution in [-0.4, -0.2) is 40.0 Å². The number of nitrogens with one attached hydrogen (secondary N) is 1. The van der Waals surface area contributed by atoms with Crippen molar-refractivity contribution in [2.45, 2.75) is 12.8 Å². The zero-order valence-corrected chi connectivity index (χ0v) is 18.6. The first-order chi connectivity index (χ1) is 16.6. The standard InChI is InChI=1S/C26H22N6O2/c1-28-25(33)20-7-5-19(6-8-20)22-15-30-32-11-10-21(12-23(22)32)26(34)31(16-17-2-3-17)24-9-4-18(13-27)14-29-24/h4-12,14-15,17H,2-3,16H2,1H3,(H,28,33). The highest BCUT2D eigenvalue weighted by molar-refractivity contribution is 6.06. The molecule has 8 heteroatoms. The van der Waals surface area contributed by atoms with E-state index in [1.54, 1.807) is 59.2 Å². The molecule has 8 nitrogen and oxygen atoms in total. The fourth-order valence-corrected chi connectivity index (χ4v) is 3.89. The van der Waals surface area contributed by atoms with E-state index in [0.29, 0.717) is 35.0 Å². The van der Waals surface area contributed by atoms with Crippen molar-refractivity contribution in [3.63, 3.8) is 0 Å². The van der Waals surface area contributed by atoms with E-state index in [9.17, 15) is 9.59 Å². The number of carbonyl (C=O) groups is 2. The van der Waals surface area contributed by atoms with Crippen LogP contribution in [0.2, 0.25) is 0 Å². The smallest absolute Gasteiger partial charge is 0.259 e. The van der Waals surface area contributed by atoms with E-state index in [4.69, 9.17) is 5.26 Å². The molecule has 5 rings (SSSR count). The summed E-state index contributed by atoms with van der Waals surface area (Å²) < 4.78 is 1.73. The normalized spacial score (nSPS) is 12.8. The number of aromatic nitrogens is 3. The molecule has 0 aliphatic heterocycles. The Hall–Kier alpha value is -4.51. The Bertz CT molecular complexity index is 1410. The molecule has 168 valence electrons. The molecule has 0 bridgehead atoms. The van der Waals surface area contributed by atoms with Crippen molar-refractivity contribution in [1.82, 2.24) is 19.9 Å². The van der Waals surface area contributed by atoms with Crippen LogP contribution in [0.4, 0.5) is 5.82 Å². The highest BCUT2D eigenvalue weighted by Crippen LogP contribution is 2.32. The van der Waals surface area contributed by atoms with Crippen LogP contribution in [-0.2, 0) is 0 Å². The highest BCUT2D eigenvalue weighted by atomic mass is 16.2. The third-order valence-electron chi connectivity index (χ3n) is 5.99. The molecule has 1 saturated carbocycles. The second-order valence-corrected chi connectivity index (χ2v) is 8.34. The van der Waals surface area contributed by atoms with Gasteiger partial charge in [0.25, 0.3) is 11.8 Å². The first-order valence-electron chi connectivity index (χ1n) is 11.1. The SMILES string of the molecule is CNC(=O)c1ccc(-c2cnn3ccc(C(=O)N(CC4CC4)c4ccc(C#N)cn4)cc23)cc1. The predicted molar refractivity (Wildman–Crippen MR) is 127 cm³/mol. The first-order valence-corrected chi connectivity index (χ1v) is 11.1. The van der Waals surface area contributed by atoms with Crippen molar-refractivity contribution in [3.8, 4) is 17.2 Å². The summed E-state index contributed by atoms with van der Waals surface area (Å²) in [4.78, 5) is 31.5. The van der Waals surface area contributed by atoms with Gasteiger partial charge < -0.3 is 5.32 Å². The molecule has 3 heterocycles. The number of pyridine rings is 2. The lowest BCUT2D eigenvalue weighted by atomic mass is 10.0. The van der Waals surface area contributed by atoms with Gasteiger partial charge in [0.1, 0.15) is 11.9 Å². The van der Waals surface area contributed by atoms with Crippen LogP contribution in [0.25, 0.3) is 16.6 Å². The summed E-state index contributed by atoms with van der Waals surface area (Å²) in [5, 5.41) is 16.1. The third-order valence-corrected chi connectivity index (χ3v) is 5.99. The molecule has 3 aromatic heterocycles. The number of amides is 2. The van der Waals surface area contributed by atoms with E-state index in [2.05, 4.69) is 21.5 Å². The summed E-state index contributed by atoms with van der Waals surface area (Å²) in [5.74, 6) is 0.712. The Morgan fingerprint density at radius 2 is 1.91 bits per heavy atom. The van der Waals surface area contributed by atoms with Crippen molar-refractivity contribution in [1.29, 1.82) is 5.26 Å². The molecular weight excluding hydrogens is 428 g/mol. The third kappa shape index (κ3) is 4.11. The molecule has 34 heavy (non-hydrogen) atoms. The number of nitrogens with zero attached hydrogens (tertiary/aromatic N) is 5. The number of rotatable bonds is 6. The Morgan fingerprint density at radius 3 is 2.56 bits per heavy atom. The van der Waals surface area contributed by atoms with Gasteiger partial charge in [-0.15, -0.1) is 0 Å². The van der Waals surface area contributed by atoms with Crippen LogP contribution >= 0.6 is 0 Å². The van der Waals surface area contributed by atoms with Crippen molar-refractivity contribution < 1.29 is 9.59 Å². The minimum absolute atomic E-state index is 0.145. The average Bonchev–Trinajstić information content (AvgIpc) is 3.62. The van der Waals surface area contributed by atoms with Crippen molar-refractivity contribution >= 4 is 23.1 Å². The molecule has 4 aromatic rings. The largest absolute Gasteiger partial charge is 0.355 e. The number of hydrogen-bond donors (Lipinski definition) is 1. The Morgan fingerprint density at radius 1 is 1.12 bits per heavy atom. The van der Waals surface area contributed by atoms with Gasteiger partial charge in [0.2, 0.25) is 0 Å². The van der Waals surface area contributed by atoms with Gasteiger partial charge in [-0.2, -0.15) is 10.4 Å². The lowest BCUT2D eigenvalue weighted by molar-refractivity contribution is 0.0960. The molecule has 1 aliphatic carbocycles. The zero-order valence-electron chi connectivity index (χ0n) is 18.6. The van der Waals surface area contributed by atoms with Crippen LogP contribution in [0.3, 0.4) is 0 Å². The van der Waals surface area contributed by atoms with Gasteiger partial charge in [0.15, 0.2) is 0 Å². The zero-order chi connectivity index (χ0) is 23.7. The number of fused-ring (bicyclic) bond motifs is 1. The number of anilines is 1. The summed E-state index contributed by atoms with van der Waals surface area (Å²) in [6.07, 6.45) is 7.20. The summed E-state index contributed by atoms with van der Waals surface area (Å²) >= 11 is 0. The molecule has 1 aromatic carbocycles. The molecule has 1 fully saturated rings. The van der Waals surface area contributed by atoms with Crippen molar-refractivity contribution in [2.24, 2.45) is 5.92 Å². The topological polar surface area (TPSA) is 103 Å². The molecule has 0 saturated heterocycles. The Kier molecular flexibility index (Phi) is 5.52. The number of benzene rings is 1. The van der Waals surface area contributed by atoms with Gasteiger partial charge in [0.05, 0.1) is 17.3 Å². The second-order valence-electron chi connectivity index (χ2n) is 8.34. The van der Waals surface area contributed by atoms with Crippen molar-refractivity contribution in [2.75, 3.05) is 18.5 Å². The van der Waals surface area contributed by atoms with Gasteiger partial charge in [-0.25, -0.2) is 9.50 Å². The molecule has 0 unspecified atom stereocenters. The fraction of sp³-hybridized carbons (Fsp3) is 0.192. The monoisotopic (exact) mass is 450 g/mol. The van der Waals surface area contributed by atoms with Crippen molar-refractivity contribution in [3.05, 3.63) is 83.8 Å². The summed E-state index contributed by atoms with van der Waals surface area (Å²) in [5.41, 5.74) is 4.11. The maximum Gasteiger partial charge on any atom is 0.259 e. The molecule has 0 spiro atoms. The van der Waals surface area contributed by atoms with E-state index in [1.165, 1.54) is 6.20 Å². The first kappa shape index (κ1) is 21.3. The van der Waals surface area contributed by atoms with E-state index < -0.39 is 0 Å². The fourth-order valence-electron chi connectivity index (χ4n) is 3.89. The molecular formula is C26H22N6O2. The van der Waals surface area contributed by atoms with Gasteiger partial charge in [0, 0.05) is 42.7 Å². The highest BCUT2D eigenvalue weighted by Gasteiger charge is 2.29. The van der Waals surface area contributed by atoms with E-state index in [0.717, 1.165) is 29.5 Å². The van der Waals surface area contributed by atoms with Gasteiger partial charge >= 0.3 is 0 Å². The van der Waals surface area contributed by atoms with Gasteiger partial charge in [-0.05, 0) is 60.7 Å². The van der Waals surface area contributed by atoms with E-state index in [1.807, 2.05) is 18.2 Å². The molecule has 0 radical (unpaired) electrons. The lowest BCUT2D eigenvalue weighted by Gasteiger charge is -2.22. The van der Waals surface area contributed by atoms with E-state index >= 15 is 0 Å². The number of carbonyl (C=O) groups excluding carboxylic acids is 2. The quantitative estimate of drug-likeness (QED) is 0.483. The minimum atomic E-state index is -0.147.